The molecule has 0 spiro atoms. The van der Waals surface area contributed by atoms with Crippen molar-refractivity contribution < 1.29 is 13.2 Å². The second-order valence-electron chi connectivity index (χ2n) is 5.16. The third kappa shape index (κ3) is 2.72. The molecule has 0 aliphatic rings. The smallest absolute Gasteiger partial charge is 0.324 e. The zero-order valence-electron chi connectivity index (χ0n) is 11.2. The average Bonchev–Trinajstić information content (AvgIpc) is 2.42. The fourth-order valence-electron chi connectivity index (χ4n) is 2.80. The molecule has 3 aromatic rings. The van der Waals surface area contributed by atoms with E-state index in [4.69, 9.17) is 5.73 Å². The predicted octanol–water partition coefficient (Wildman–Crippen LogP) is 4.95. The molecule has 0 saturated heterocycles. The summed E-state index contributed by atoms with van der Waals surface area (Å²) in [5, 5.41) is 3.38. The minimum atomic E-state index is -4.28. The van der Waals surface area contributed by atoms with Crippen LogP contribution in [0.3, 0.4) is 0 Å². The summed E-state index contributed by atoms with van der Waals surface area (Å²) in [6, 6.07) is 15.7. The molecule has 0 aliphatic carbocycles. The normalized spacial score (nSPS) is 13.7. The molecule has 4 heteroatoms. The van der Waals surface area contributed by atoms with Crippen LogP contribution in [0.25, 0.3) is 21.5 Å². The Labute approximate surface area is 120 Å². The van der Waals surface area contributed by atoms with Crippen LogP contribution in [0.15, 0.2) is 54.6 Å². The lowest BCUT2D eigenvalue weighted by atomic mass is 9.91. The number of halogens is 3. The van der Waals surface area contributed by atoms with Gasteiger partial charge in [-0.05, 0) is 33.2 Å². The minimum Gasteiger partial charge on any atom is -0.324 e. The van der Waals surface area contributed by atoms with Crippen molar-refractivity contribution in [3.63, 3.8) is 0 Å². The zero-order valence-corrected chi connectivity index (χ0v) is 11.2. The Morgan fingerprint density at radius 1 is 0.857 bits per heavy atom. The van der Waals surface area contributed by atoms with Crippen molar-refractivity contribution in [3.05, 3.63) is 60.2 Å². The fourth-order valence-corrected chi connectivity index (χ4v) is 2.80. The minimum absolute atomic E-state index is 0.570. The zero-order chi connectivity index (χ0) is 15.0. The van der Waals surface area contributed by atoms with E-state index in [0.29, 0.717) is 5.56 Å². The van der Waals surface area contributed by atoms with Crippen molar-refractivity contribution >= 4 is 21.5 Å². The molecular formula is C17H14F3N. The Morgan fingerprint density at radius 2 is 1.33 bits per heavy atom. The van der Waals surface area contributed by atoms with E-state index in [1.54, 1.807) is 0 Å². The summed E-state index contributed by atoms with van der Waals surface area (Å²) in [5.41, 5.74) is 6.46. The van der Waals surface area contributed by atoms with Gasteiger partial charge in [-0.2, -0.15) is 13.2 Å². The lowest BCUT2D eigenvalue weighted by Gasteiger charge is -2.19. The molecule has 0 aromatic heterocycles. The second-order valence-corrected chi connectivity index (χ2v) is 5.16. The van der Waals surface area contributed by atoms with E-state index in [2.05, 4.69) is 0 Å². The Bertz CT molecular complexity index is 739. The SMILES string of the molecule is N[C@@H](CC(F)(F)F)c1c2ccccc2cc2ccccc12. The maximum Gasteiger partial charge on any atom is 0.390 e. The number of hydrogen-bond acceptors (Lipinski definition) is 1. The average molecular weight is 289 g/mol. The van der Waals surface area contributed by atoms with Crippen LogP contribution in [0, 0.1) is 0 Å². The van der Waals surface area contributed by atoms with Crippen LogP contribution < -0.4 is 5.73 Å². The van der Waals surface area contributed by atoms with Crippen molar-refractivity contribution in [2.24, 2.45) is 5.73 Å². The van der Waals surface area contributed by atoms with Crippen molar-refractivity contribution in [1.29, 1.82) is 0 Å². The van der Waals surface area contributed by atoms with Gasteiger partial charge in [-0.15, -0.1) is 0 Å². The molecule has 3 rings (SSSR count). The Kier molecular flexibility index (Phi) is 3.33. The topological polar surface area (TPSA) is 26.0 Å². The molecule has 1 atom stereocenters. The van der Waals surface area contributed by atoms with Crippen molar-refractivity contribution in [1.82, 2.24) is 0 Å². The molecule has 1 nitrogen and oxygen atoms in total. The second kappa shape index (κ2) is 5.04. The summed E-state index contributed by atoms with van der Waals surface area (Å²) in [7, 11) is 0. The molecular weight excluding hydrogens is 275 g/mol. The fraction of sp³-hybridized carbons (Fsp3) is 0.176. The lowest BCUT2D eigenvalue weighted by molar-refractivity contribution is -0.138. The van der Waals surface area contributed by atoms with Crippen LogP contribution in [0.1, 0.15) is 18.0 Å². The number of rotatable bonds is 2. The summed E-state index contributed by atoms with van der Waals surface area (Å²) in [5.74, 6) is 0. The van der Waals surface area contributed by atoms with Crippen LogP contribution in [0.4, 0.5) is 13.2 Å². The van der Waals surface area contributed by atoms with Gasteiger partial charge in [0.25, 0.3) is 0 Å². The maximum atomic E-state index is 12.7. The van der Waals surface area contributed by atoms with Gasteiger partial charge in [-0.25, -0.2) is 0 Å². The van der Waals surface area contributed by atoms with Gasteiger partial charge in [0.05, 0.1) is 6.42 Å². The molecule has 21 heavy (non-hydrogen) atoms. The van der Waals surface area contributed by atoms with Crippen LogP contribution >= 0.6 is 0 Å². The quantitative estimate of drug-likeness (QED) is 0.664. The standard InChI is InChI=1S/C17H14F3N/c18-17(19,20)10-15(21)16-13-7-3-1-5-11(13)9-12-6-2-4-8-14(12)16/h1-9,15H,10,21H2/t15-/m0/s1. The predicted molar refractivity (Wildman–Crippen MR) is 79.1 cm³/mol. The Balaban J connectivity index is 2.30. The summed E-state index contributed by atoms with van der Waals surface area (Å²) in [6.07, 6.45) is -5.30. The molecule has 0 amide bonds. The number of fused-ring (bicyclic) bond motifs is 2. The van der Waals surface area contributed by atoms with Gasteiger partial charge in [-0.1, -0.05) is 48.5 Å². The van der Waals surface area contributed by atoms with E-state index >= 15 is 0 Å². The molecule has 0 aliphatic heterocycles. The molecule has 0 saturated carbocycles. The Hall–Kier alpha value is -2.07. The number of alkyl halides is 3. The van der Waals surface area contributed by atoms with Crippen LogP contribution in [0.5, 0.6) is 0 Å². The highest BCUT2D eigenvalue weighted by atomic mass is 19.4. The van der Waals surface area contributed by atoms with E-state index in [9.17, 15) is 13.2 Å². The molecule has 108 valence electrons. The highest BCUT2D eigenvalue weighted by Gasteiger charge is 2.32. The van der Waals surface area contributed by atoms with Crippen molar-refractivity contribution in [2.45, 2.75) is 18.6 Å². The summed E-state index contributed by atoms with van der Waals surface area (Å²) >= 11 is 0. The summed E-state index contributed by atoms with van der Waals surface area (Å²) < 4.78 is 38.1. The van der Waals surface area contributed by atoms with Gasteiger partial charge in [0.15, 0.2) is 0 Å². The monoisotopic (exact) mass is 289 g/mol. The molecule has 0 heterocycles. The number of nitrogens with two attached hydrogens (primary N) is 1. The van der Waals surface area contributed by atoms with Crippen molar-refractivity contribution in [3.8, 4) is 0 Å². The van der Waals surface area contributed by atoms with Crippen molar-refractivity contribution in [2.75, 3.05) is 0 Å². The first kappa shape index (κ1) is 13.9. The number of hydrogen-bond donors (Lipinski definition) is 1. The van der Waals surface area contributed by atoms with Crippen LogP contribution in [-0.2, 0) is 0 Å². The first-order valence-electron chi connectivity index (χ1n) is 6.68. The Morgan fingerprint density at radius 3 is 1.81 bits per heavy atom. The molecule has 0 radical (unpaired) electrons. The molecule has 0 fully saturated rings. The van der Waals surface area contributed by atoms with E-state index in [-0.39, 0.29) is 0 Å². The van der Waals surface area contributed by atoms with Gasteiger partial charge >= 0.3 is 6.18 Å². The third-order valence-electron chi connectivity index (χ3n) is 3.64. The first-order valence-corrected chi connectivity index (χ1v) is 6.68. The maximum absolute atomic E-state index is 12.7. The lowest BCUT2D eigenvalue weighted by Crippen LogP contribution is -2.20. The summed E-state index contributed by atoms with van der Waals surface area (Å²) in [6.45, 7) is 0. The molecule has 2 N–H and O–H groups in total. The molecule has 0 unspecified atom stereocenters. The first-order chi connectivity index (χ1) is 9.96. The third-order valence-corrected chi connectivity index (χ3v) is 3.64. The van der Waals surface area contributed by atoms with E-state index in [1.165, 1.54) is 0 Å². The van der Waals surface area contributed by atoms with Gasteiger partial charge in [0, 0.05) is 6.04 Å². The number of benzene rings is 3. The van der Waals surface area contributed by atoms with Crippen LogP contribution in [0.2, 0.25) is 0 Å². The highest BCUT2D eigenvalue weighted by molar-refractivity contribution is 6.02. The van der Waals surface area contributed by atoms with E-state index in [1.807, 2.05) is 54.6 Å². The van der Waals surface area contributed by atoms with Gasteiger partial charge in [0.2, 0.25) is 0 Å². The highest BCUT2D eigenvalue weighted by Crippen LogP contribution is 2.36. The largest absolute Gasteiger partial charge is 0.390 e. The summed E-state index contributed by atoms with van der Waals surface area (Å²) in [4.78, 5) is 0. The van der Waals surface area contributed by atoms with Gasteiger partial charge in [0.1, 0.15) is 0 Å². The van der Waals surface area contributed by atoms with Gasteiger partial charge in [-0.3, -0.25) is 0 Å². The van der Waals surface area contributed by atoms with E-state index in [0.717, 1.165) is 21.5 Å². The van der Waals surface area contributed by atoms with Gasteiger partial charge < -0.3 is 5.73 Å². The van der Waals surface area contributed by atoms with E-state index < -0.39 is 18.6 Å². The van der Waals surface area contributed by atoms with Crippen LogP contribution in [-0.4, -0.2) is 6.18 Å². The molecule has 3 aromatic carbocycles. The molecule has 0 bridgehead atoms.